The summed E-state index contributed by atoms with van der Waals surface area (Å²) in [5.41, 5.74) is 2.45. The highest BCUT2D eigenvalue weighted by atomic mass is 16.2. The van der Waals surface area contributed by atoms with Crippen LogP contribution in [0.25, 0.3) is 0 Å². The first-order valence-corrected chi connectivity index (χ1v) is 7.04. The van der Waals surface area contributed by atoms with Crippen LogP contribution in [0.1, 0.15) is 46.1 Å². The maximum absolute atomic E-state index is 11.9. The molecule has 1 atom stereocenters. The number of carbonyl (C=O) groups is 1. The molecule has 2 rings (SSSR count). The van der Waals surface area contributed by atoms with E-state index in [-0.39, 0.29) is 17.4 Å². The Kier molecular flexibility index (Phi) is 3.83. The lowest BCUT2D eigenvalue weighted by Crippen LogP contribution is -2.38. The van der Waals surface area contributed by atoms with Crippen molar-refractivity contribution in [1.82, 2.24) is 5.32 Å². The van der Waals surface area contributed by atoms with Gasteiger partial charge < -0.3 is 10.6 Å². The molecule has 2 N–H and O–H groups in total. The summed E-state index contributed by atoms with van der Waals surface area (Å²) in [6.45, 7) is 8.48. The molecular weight excluding hydrogens is 236 g/mol. The van der Waals surface area contributed by atoms with Crippen LogP contribution in [0.15, 0.2) is 24.3 Å². The Balaban J connectivity index is 1.93. The molecule has 1 aromatic carbocycles. The van der Waals surface area contributed by atoms with Crippen molar-refractivity contribution in [3.63, 3.8) is 0 Å². The van der Waals surface area contributed by atoms with Gasteiger partial charge in [-0.15, -0.1) is 0 Å². The molecule has 1 amide bonds. The Bertz CT molecular complexity index is 441. The summed E-state index contributed by atoms with van der Waals surface area (Å²) in [6.07, 6.45) is 2.25. The molecule has 3 heteroatoms. The highest BCUT2D eigenvalue weighted by Crippen LogP contribution is 2.24. The van der Waals surface area contributed by atoms with Gasteiger partial charge in [0.05, 0.1) is 0 Å². The first-order chi connectivity index (χ1) is 8.86. The lowest BCUT2D eigenvalue weighted by atomic mass is 9.87. The maximum atomic E-state index is 11.9. The molecule has 0 spiro atoms. The SMILES string of the molecule is CC(Nc1ccc(C(C)(C)C)cc1)C(=O)NC1CC1. The lowest BCUT2D eigenvalue weighted by molar-refractivity contribution is -0.121. The van der Waals surface area contributed by atoms with Gasteiger partial charge in [-0.05, 0) is 42.9 Å². The lowest BCUT2D eigenvalue weighted by Gasteiger charge is -2.20. The number of hydrogen-bond donors (Lipinski definition) is 2. The Hall–Kier alpha value is -1.51. The Morgan fingerprint density at radius 1 is 1.21 bits per heavy atom. The van der Waals surface area contributed by atoms with Crippen molar-refractivity contribution in [3.8, 4) is 0 Å². The van der Waals surface area contributed by atoms with Crippen LogP contribution in [-0.2, 0) is 10.2 Å². The van der Waals surface area contributed by atoms with Crippen LogP contribution < -0.4 is 10.6 Å². The molecule has 0 aliphatic heterocycles. The second kappa shape index (κ2) is 5.24. The van der Waals surface area contributed by atoms with Gasteiger partial charge in [0.15, 0.2) is 0 Å². The van der Waals surface area contributed by atoms with E-state index in [9.17, 15) is 4.79 Å². The van der Waals surface area contributed by atoms with Crippen molar-refractivity contribution in [1.29, 1.82) is 0 Å². The van der Waals surface area contributed by atoms with Crippen LogP contribution >= 0.6 is 0 Å². The van der Waals surface area contributed by atoms with Crippen molar-refractivity contribution in [3.05, 3.63) is 29.8 Å². The van der Waals surface area contributed by atoms with E-state index in [0.29, 0.717) is 6.04 Å². The number of rotatable bonds is 4. The van der Waals surface area contributed by atoms with Gasteiger partial charge in [0.2, 0.25) is 5.91 Å². The summed E-state index contributed by atoms with van der Waals surface area (Å²) in [5.74, 6) is 0.0856. The molecule has 0 saturated heterocycles. The minimum atomic E-state index is -0.193. The van der Waals surface area contributed by atoms with Crippen LogP contribution in [0.4, 0.5) is 5.69 Å². The Morgan fingerprint density at radius 3 is 2.26 bits per heavy atom. The second-order valence-corrected chi connectivity index (χ2v) is 6.48. The molecule has 1 aliphatic rings. The number of hydrogen-bond acceptors (Lipinski definition) is 2. The van der Waals surface area contributed by atoms with Crippen molar-refractivity contribution >= 4 is 11.6 Å². The fraction of sp³-hybridized carbons (Fsp3) is 0.562. The van der Waals surface area contributed by atoms with Crippen LogP contribution in [0.5, 0.6) is 0 Å². The molecule has 0 radical (unpaired) electrons. The molecule has 1 saturated carbocycles. The molecule has 1 aliphatic carbocycles. The molecule has 0 heterocycles. The molecule has 3 nitrogen and oxygen atoms in total. The van der Waals surface area contributed by atoms with Gasteiger partial charge in [0, 0.05) is 11.7 Å². The van der Waals surface area contributed by atoms with E-state index in [4.69, 9.17) is 0 Å². The van der Waals surface area contributed by atoms with E-state index >= 15 is 0 Å². The highest BCUT2D eigenvalue weighted by molar-refractivity contribution is 5.84. The third-order valence-corrected chi connectivity index (χ3v) is 3.45. The number of amides is 1. The minimum absolute atomic E-state index is 0.0856. The first-order valence-electron chi connectivity index (χ1n) is 7.04. The average Bonchev–Trinajstić information content (AvgIpc) is 3.12. The molecule has 1 aromatic rings. The summed E-state index contributed by atoms with van der Waals surface area (Å²) in [7, 11) is 0. The fourth-order valence-corrected chi connectivity index (χ4v) is 1.94. The van der Waals surface area contributed by atoms with Crippen LogP contribution in [0, 0.1) is 0 Å². The van der Waals surface area contributed by atoms with Gasteiger partial charge in [-0.2, -0.15) is 0 Å². The third kappa shape index (κ3) is 3.98. The number of benzene rings is 1. The van der Waals surface area contributed by atoms with Crippen LogP contribution in [0.2, 0.25) is 0 Å². The van der Waals surface area contributed by atoms with E-state index in [1.54, 1.807) is 0 Å². The van der Waals surface area contributed by atoms with Crippen molar-refractivity contribution < 1.29 is 4.79 Å². The Labute approximate surface area is 115 Å². The van der Waals surface area contributed by atoms with Gasteiger partial charge in [-0.1, -0.05) is 32.9 Å². The van der Waals surface area contributed by atoms with Gasteiger partial charge in [0.25, 0.3) is 0 Å². The molecule has 1 unspecified atom stereocenters. The first kappa shape index (κ1) is 13.9. The molecule has 0 bridgehead atoms. The van der Waals surface area contributed by atoms with Gasteiger partial charge >= 0.3 is 0 Å². The number of anilines is 1. The summed E-state index contributed by atoms with van der Waals surface area (Å²) in [4.78, 5) is 11.9. The quantitative estimate of drug-likeness (QED) is 0.873. The maximum Gasteiger partial charge on any atom is 0.242 e. The predicted octanol–water partition coefficient (Wildman–Crippen LogP) is 3.06. The summed E-state index contributed by atoms with van der Waals surface area (Å²) in [5, 5.41) is 6.25. The van der Waals surface area contributed by atoms with E-state index in [1.165, 1.54) is 5.56 Å². The van der Waals surface area contributed by atoms with Gasteiger partial charge in [0.1, 0.15) is 6.04 Å². The van der Waals surface area contributed by atoms with Crippen LogP contribution in [0.3, 0.4) is 0 Å². The minimum Gasteiger partial charge on any atom is -0.374 e. The Morgan fingerprint density at radius 2 is 1.79 bits per heavy atom. The monoisotopic (exact) mass is 260 g/mol. The topological polar surface area (TPSA) is 41.1 Å². The third-order valence-electron chi connectivity index (χ3n) is 3.45. The van der Waals surface area contributed by atoms with E-state index in [2.05, 4.69) is 43.5 Å². The van der Waals surface area contributed by atoms with Crippen molar-refractivity contribution in [2.24, 2.45) is 0 Å². The standard InChI is InChI=1S/C16H24N2O/c1-11(15(19)18-14-9-10-14)17-13-7-5-12(6-8-13)16(2,3)4/h5-8,11,14,17H,9-10H2,1-4H3,(H,18,19). The molecule has 0 aromatic heterocycles. The van der Waals surface area contributed by atoms with E-state index in [0.717, 1.165) is 18.5 Å². The van der Waals surface area contributed by atoms with Crippen molar-refractivity contribution in [2.75, 3.05) is 5.32 Å². The fourth-order valence-electron chi connectivity index (χ4n) is 1.94. The van der Waals surface area contributed by atoms with Crippen molar-refractivity contribution in [2.45, 2.75) is 58.0 Å². The molecular formula is C16H24N2O. The van der Waals surface area contributed by atoms with Gasteiger partial charge in [-0.3, -0.25) is 4.79 Å². The molecule has 19 heavy (non-hydrogen) atoms. The van der Waals surface area contributed by atoms with Crippen LogP contribution in [-0.4, -0.2) is 18.0 Å². The molecule has 104 valence electrons. The predicted molar refractivity (Wildman–Crippen MR) is 79.4 cm³/mol. The van der Waals surface area contributed by atoms with E-state index < -0.39 is 0 Å². The molecule has 1 fully saturated rings. The van der Waals surface area contributed by atoms with Gasteiger partial charge in [-0.25, -0.2) is 0 Å². The smallest absolute Gasteiger partial charge is 0.242 e. The zero-order valence-electron chi connectivity index (χ0n) is 12.3. The second-order valence-electron chi connectivity index (χ2n) is 6.48. The normalized spacial score (nSPS) is 16.8. The van der Waals surface area contributed by atoms with E-state index in [1.807, 2.05) is 19.1 Å². The largest absolute Gasteiger partial charge is 0.374 e. The highest BCUT2D eigenvalue weighted by Gasteiger charge is 2.25. The zero-order valence-corrected chi connectivity index (χ0v) is 12.3. The summed E-state index contributed by atoms with van der Waals surface area (Å²) < 4.78 is 0. The summed E-state index contributed by atoms with van der Waals surface area (Å²) >= 11 is 0. The zero-order chi connectivity index (χ0) is 14.0. The number of nitrogens with one attached hydrogen (secondary N) is 2. The average molecular weight is 260 g/mol. The number of carbonyl (C=O) groups excluding carboxylic acids is 1. The summed E-state index contributed by atoms with van der Waals surface area (Å²) in [6, 6.07) is 8.55.